The van der Waals surface area contributed by atoms with Gasteiger partial charge in [0.05, 0.1) is 16.9 Å². The highest BCUT2D eigenvalue weighted by Gasteiger charge is 2.25. The van der Waals surface area contributed by atoms with Crippen LogP contribution in [-0.4, -0.2) is 33.5 Å². The molecular formula is C23H25Cl2N3O3. The zero-order valence-electron chi connectivity index (χ0n) is 17.8. The van der Waals surface area contributed by atoms with E-state index in [0.29, 0.717) is 45.6 Å². The van der Waals surface area contributed by atoms with Crippen LogP contribution in [0.5, 0.6) is 5.75 Å². The average molecular weight is 462 g/mol. The van der Waals surface area contributed by atoms with Crippen molar-refractivity contribution in [1.29, 1.82) is 0 Å². The molecule has 31 heavy (non-hydrogen) atoms. The van der Waals surface area contributed by atoms with E-state index in [4.69, 9.17) is 32.9 Å². The van der Waals surface area contributed by atoms with Gasteiger partial charge in [-0.05, 0) is 62.7 Å². The van der Waals surface area contributed by atoms with Crippen molar-refractivity contribution in [2.45, 2.75) is 39.8 Å². The first-order valence-corrected chi connectivity index (χ1v) is 11.0. The summed E-state index contributed by atoms with van der Waals surface area (Å²) in [7, 11) is 0. The first kappa shape index (κ1) is 23.1. The molecule has 0 spiro atoms. The third kappa shape index (κ3) is 5.20. The van der Waals surface area contributed by atoms with Gasteiger partial charge in [-0.2, -0.15) is 0 Å². The maximum atomic E-state index is 13.1. The molecule has 8 heteroatoms. The van der Waals surface area contributed by atoms with Gasteiger partial charge in [0.25, 0.3) is 11.5 Å². The molecule has 0 bridgehead atoms. The lowest BCUT2D eigenvalue weighted by Gasteiger charge is -2.30. The van der Waals surface area contributed by atoms with Gasteiger partial charge in [0.15, 0.2) is 6.61 Å². The molecule has 3 rings (SSSR count). The average Bonchev–Trinajstić information content (AvgIpc) is 2.76. The number of hydrogen-bond donors (Lipinski definition) is 0. The third-order valence-electron chi connectivity index (χ3n) is 5.06. The zero-order valence-corrected chi connectivity index (χ0v) is 19.3. The molecule has 1 heterocycles. The van der Waals surface area contributed by atoms with Crippen molar-refractivity contribution >= 4 is 40.0 Å². The predicted molar refractivity (Wildman–Crippen MR) is 124 cm³/mol. The minimum atomic E-state index is -0.408. The molecule has 0 aliphatic rings. The smallest absolute Gasteiger partial charge is 0.261 e. The summed E-state index contributed by atoms with van der Waals surface area (Å²) in [6.45, 7) is 6.59. The lowest BCUT2D eigenvalue weighted by Crippen LogP contribution is -2.40. The summed E-state index contributed by atoms with van der Waals surface area (Å²) in [5.74, 6) is 0.918. The summed E-state index contributed by atoms with van der Waals surface area (Å²) in [5.41, 5.74) is 0.389. The molecule has 6 nitrogen and oxygen atoms in total. The summed E-state index contributed by atoms with van der Waals surface area (Å²) in [4.78, 5) is 32.5. The molecule has 164 valence electrons. The number of nitrogens with zero attached hydrogens (tertiary/aromatic N) is 3. The fourth-order valence-corrected chi connectivity index (χ4v) is 3.81. The number of amides is 1. The highest BCUT2D eigenvalue weighted by molar-refractivity contribution is 6.31. The molecule has 0 aliphatic heterocycles. The standard InChI is InChI=1S/C23H25Cl2N3O3/c1-4-12-28(21(29)14-31-18-9-6-16(24)7-10-18)15(3)22-26-20-11-8-17(25)13-19(20)23(30)27(22)5-2/h6-11,13,15H,4-5,12,14H2,1-3H3. The van der Waals surface area contributed by atoms with Crippen LogP contribution >= 0.6 is 23.2 Å². The number of aromatic nitrogens is 2. The van der Waals surface area contributed by atoms with Crippen LogP contribution in [0.2, 0.25) is 10.0 Å². The lowest BCUT2D eigenvalue weighted by molar-refractivity contribution is -0.135. The van der Waals surface area contributed by atoms with E-state index in [1.165, 1.54) is 0 Å². The molecular weight excluding hydrogens is 437 g/mol. The first-order valence-electron chi connectivity index (χ1n) is 10.2. The van der Waals surface area contributed by atoms with E-state index in [0.717, 1.165) is 6.42 Å². The van der Waals surface area contributed by atoms with Gasteiger partial charge in [0.1, 0.15) is 11.6 Å². The maximum absolute atomic E-state index is 13.1. The number of rotatable bonds is 8. The van der Waals surface area contributed by atoms with Crippen LogP contribution in [0, 0.1) is 0 Å². The molecule has 0 saturated heterocycles. The Kier molecular flexibility index (Phi) is 7.57. The topological polar surface area (TPSA) is 64.4 Å². The van der Waals surface area contributed by atoms with Crippen LogP contribution in [0.1, 0.15) is 39.1 Å². The van der Waals surface area contributed by atoms with Crippen molar-refractivity contribution in [3.63, 3.8) is 0 Å². The van der Waals surface area contributed by atoms with E-state index < -0.39 is 6.04 Å². The van der Waals surface area contributed by atoms with Crippen LogP contribution in [-0.2, 0) is 11.3 Å². The minimum Gasteiger partial charge on any atom is -0.484 e. The van der Waals surface area contributed by atoms with Crippen molar-refractivity contribution in [2.75, 3.05) is 13.2 Å². The van der Waals surface area contributed by atoms with Crippen molar-refractivity contribution in [2.24, 2.45) is 0 Å². The van der Waals surface area contributed by atoms with Crippen LogP contribution < -0.4 is 10.3 Å². The second-order valence-corrected chi connectivity index (χ2v) is 8.06. The second kappa shape index (κ2) is 10.2. The number of carbonyl (C=O) groups excluding carboxylic acids is 1. The number of fused-ring (bicyclic) bond motifs is 1. The van der Waals surface area contributed by atoms with E-state index in [2.05, 4.69) is 0 Å². The quantitative estimate of drug-likeness (QED) is 0.467. The summed E-state index contributed by atoms with van der Waals surface area (Å²) in [6, 6.07) is 11.5. The molecule has 1 amide bonds. The van der Waals surface area contributed by atoms with E-state index in [-0.39, 0.29) is 18.1 Å². The summed E-state index contributed by atoms with van der Waals surface area (Å²) in [5, 5.41) is 1.54. The summed E-state index contributed by atoms with van der Waals surface area (Å²) < 4.78 is 7.24. The number of benzene rings is 2. The van der Waals surface area contributed by atoms with E-state index >= 15 is 0 Å². The van der Waals surface area contributed by atoms with Gasteiger partial charge in [0, 0.05) is 23.1 Å². The van der Waals surface area contributed by atoms with Crippen molar-refractivity contribution in [3.05, 3.63) is 68.7 Å². The molecule has 0 N–H and O–H groups in total. The van der Waals surface area contributed by atoms with Gasteiger partial charge < -0.3 is 9.64 Å². The van der Waals surface area contributed by atoms with E-state index in [1.807, 2.05) is 20.8 Å². The highest BCUT2D eigenvalue weighted by Crippen LogP contribution is 2.23. The van der Waals surface area contributed by atoms with Gasteiger partial charge in [-0.15, -0.1) is 0 Å². The van der Waals surface area contributed by atoms with Crippen LogP contribution in [0.3, 0.4) is 0 Å². The Hall–Kier alpha value is -2.57. The number of halogens is 2. The molecule has 1 atom stereocenters. The SMILES string of the molecule is CCCN(C(=O)COc1ccc(Cl)cc1)C(C)c1nc2ccc(Cl)cc2c(=O)n1CC. The first-order chi connectivity index (χ1) is 14.8. The molecule has 0 fully saturated rings. The number of ether oxygens (including phenoxy) is 1. The fraction of sp³-hybridized carbons (Fsp3) is 0.348. The molecule has 1 aromatic heterocycles. The number of carbonyl (C=O) groups is 1. The summed E-state index contributed by atoms with van der Waals surface area (Å²) >= 11 is 12.0. The minimum absolute atomic E-state index is 0.120. The van der Waals surface area contributed by atoms with Gasteiger partial charge in [0.2, 0.25) is 0 Å². The van der Waals surface area contributed by atoms with Crippen LogP contribution in [0.4, 0.5) is 0 Å². The Bertz CT molecular complexity index is 1130. The molecule has 0 saturated carbocycles. The third-order valence-corrected chi connectivity index (χ3v) is 5.55. The molecule has 3 aromatic rings. The van der Waals surface area contributed by atoms with E-state index in [1.54, 1.807) is 51.9 Å². The molecule has 2 aromatic carbocycles. The van der Waals surface area contributed by atoms with E-state index in [9.17, 15) is 9.59 Å². The molecule has 1 unspecified atom stereocenters. The predicted octanol–water partition coefficient (Wildman–Crippen LogP) is 5.10. The van der Waals surface area contributed by atoms with Crippen LogP contribution in [0.15, 0.2) is 47.3 Å². The Morgan fingerprint density at radius 1 is 1.13 bits per heavy atom. The monoisotopic (exact) mass is 461 g/mol. The van der Waals surface area contributed by atoms with Gasteiger partial charge in [-0.3, -0.25) is 14.2 Å². The Morgan fingerprint density at radius 2 is 1.81 bits per heavy atom. The normalized spacial score (nSPS) is 12.0. The Labute approximate surface area is 191 Å². The Balaban J connectivity index is 1.91. The Morgan fingerprint density at radius 3 is 2.45 bits per heavy atom. The second-order valence-electron chi connectivity index (χ2n) is 7.19. The maximum Gasteiger partial charge on any atom is 0.261 e. The van der Waals surface area contributed by atoms with Crippen molar-refractivity contribution in [3.8, 4) is 5.75 Å². The molecule has 0 aliphatic carbocycles. The van der Waals surface area contributed by atoms with Crippen molar-refractivity contribution < 1.29 is 9.53 Å². The van der Waals surface area contributed by atoms with Crippen LogP contribution in [0.25, 0.3) is 10.9 Å². The number of hydrogen-bond acceptors (Lipinski definition) is 4. The van der Waals surface area contributed by atoms with Gasteiger partial charge in [-0.1, -0.05) is 30.1 Å². The fourth-order valence-electron chi connectivity index (χ4n) is 3.51. The van der Waals surface area contributed by atoms with Gasteiger partial charge >= 0.3 is 0 Å². The highest BCUT2D eigenvalue weighted by atomic mass is 35.5. The lowest BCUT2D eigenvalue weighted by atomic mass is 10.2. The zero-order chi connectivity index (χ0) is 22.5. The van der Waals surface area contributed by atoms with Crippen molar-refractivity contribution in [1.82, 2.24) is 14.5 Å². The van der Waals surface area contributed by atoms with Gasteiger partial charge in [-0.25, -0.2) is 4.98 Å². The summed E-state index contributed by atoms with van der Waals surface area (Å²) in [6.07, 6.45) is 0.760. The molecule has 0 radical (unpaired) electrons. The largest absolute Gasteiger partial charge is 0.484 e.